The number of carbonyl (C=O) groups is 1. The van der Waals surface area contributed by atoms with E-state index in [1.165, 1.54) is 37.0 Å². The van der Waals surface area contributed by atoms with E-state index < -0.39 is 0 Å². The van der Waals surface area contributed by atoms with Gasteiger partial charge in [0.2, 0.25) is 0 Å². The number of aromatic hydroxyl groups is 1. The van der Waals surface area contributed by atoms with Crippen LogP contribution in [0.5, 0.6) is 5.75 Å². The van der Waals surface area contributed by atoms with Gasteiger partial charge in [-0.05, 0) is 55.5 Å². The van der Waals surface area contributed by atoms with Crippen LogP contribution in [0.2, 0.25) is 0 Å². The molecule has 0 saturated carbocycles. The summed E-state index contributed by atoms with van der Waals surface area (Å²) >= 11 is 0. The molecule has 1 amide bonds. The van der Waals surface area contributed by atoms with Gasteiger partial charge in [-0.1, -0.05) is 25.8 Å². The fourth-order valence-electron chi connectivity index (χ4n) is 2.40. The van der Waals surface area contributed by atoms with Crippen molar-refractivity contribution in [1.82, 2.24) is 5.43 Å². The van der Waals surface area contributed by atoms with Gasteiger partial charge in [0.25, 0.3) is 5.91 Å². The highest BCUT2D eigenvalue weighted by molar-refractivity contribution is 6.03. The molecule has 0 atom stereocenters. The molecule has 2 N–H and O–H groups in total. The van der Waals surface area contributed by atoms with E-state index in [1.54, 1.807) is 12.1 Å². The normalized spacial score (nSPS) is 16.0. The van der Waals surface area contributed by atoms with Crippen LogP contribution in [0.3, 0.4) is 0 Å². The average molecular weight is 286 g/mol. The van der Waals surface area contributed by atoms with Crippen molar-refractivity contribution in [3.05, 3.63) is 41.5 Å². The summed E-state index contributed by atoms with van der Waals surface area (Å²) in [6, 6.07) is 6.15. The first-order valence-electron chi connectivity index (χ1n) is 7.56. The lowest BCUT2D eigenvalue weighted by Gasteiger charge is -2.06. The summed E-state index contributed by atoms with van der Waals surface area (Å²) in [6.07, 6.45) is 8.78. The molecule has 1 aliphatic carbocycles. The first-order valence-corrected chi connectivity index (χ1v) is 7.56. The SMILES string of the molecule is CCCCCC1=CCCC1=NNC(=O)c1ccc(O)cc1. The lowest BCUT2D eigenvalue weighted by Crippen LogP contribution is -2.19. The number of phenolic OH excluding ortho intramolecular Hbond substituents is 1. The summed E-state index contributed by atoms with van der Waals surface area (Å²) in [5, 5.41) is 13.5. The second-order valence-corrected chi connectivity index (χ2v) is 5.27. The Morgan fingerprint density at radius 1 is 1.29 bits per heavy atom. The topological polar surface area (TPSA) is 61.7 Å². The predicted octanol–water partition coefficient (Wildman–Crippen LogP) is 3.78. The molecule has 0 saturated heterocycles. The van der Waals surface area contributed by atoms with Crippen molar-refractivity contribution >= 4 is 11.6 Å². The Bertz CT molecular complexity index is 544. The zero-order valence-electron chi connectivity index (χ0n) is 12.4. The molecule has 0 radical (unpaired) electrons. The molecule has 0 unspecified atom stereocenters. The van der Waals surface area contributed by atoms with Crippen LogP contribution in [-0.4, -0.2) is 16.7 Å². The van der Waals surface area contributed by atoms with Crippen molar-refractivity contribution < 1.29 is 9.90 Å². The zero-order valence-corrected chi connectivity index (χ0v) is 12.4. The van der Waals surface area contributed by atoms with E-state index in [0.717, 1.165) is 25.0 Å². The Morgan fingerprint density at radius 2 is 2.05 bits per heavy atom. The number of nitrogens with zero attached hydrogens (tertiary/aromatic N) is 1. The smallest absolute Gasteiger partial charge is 0.271 e. The van der Waals surface area contributed by atoms with E-state index in [9.17, 15) is 9.90 Å². The van der Waals surface area contributed by atoms with Gasteiger partial charge in [-0.15, -0.1) is 0 Å². The molecule has 112 valence electrons. The van der Waals surface area contributed by atoms with Gasteiger partial charge < -0.3 is 5.11 Å². The first kappa shape index (κ1) is 15.3. The van der Waals surface area contributed by atoms with Crippen molar-refractivity contribution in [2.24, 2.45) is 5.10 Å². The van der Waals surface area contributed by atoms with E-state index in [2.05, 4.69) is 23.5 Å². The summed E-state index contributed by atoms with van der Waals surface area (Å²) in [4.78, 5) is 12.0. The number of allylic oxidation sites excluding steroid dienone is 2. The number of hydrogen-bond donors (Lipinski definition) is 2. The van der Waals surface area contributed by atoms with Crippen molar-refractivity contribution in [3.63, 3.8) is 0 Å². The lowest BCUT2D eigenvalue weighted by molar-refractivity contribution is 0.0955. The molecule has 1 aliphatic rings. The minimum Gasteiger partial charge on any atom is -0.508 e. The second-order valence-electron chi connectivity index (χ2n) is 5.27. The summed E-state index contributed by atoms with van der Waals surface area (Å²) < 4.78 is 0. The number of phenols is 1. The Kier molecular flexibility index (Phi) is 5.55. The molecule has 0 aromatic heterocycles. The van der Waals surface area contributed by atoms with E-state index in [-0.39, 0.29) is 11.7 Å². The Labute approximate surface area is 125 Å². The van der Waals surface area contributed by atoms with Crippen LogP contribution in [0.15, 0.2) is 41.0 Å². The third-order valence-electron chi connectivity index (χ3n) is 3.61. The molecular weight excluding hydrogens is 264 g/mol. The molecule has 0 fully saturated rings. The van der Waals surface area contributed by atoms with Gasteiger partial charge in [-0.2, -0.15) is 5.10 Å². The maximum Gasteiger partial charge on any atom is 0.271 e. The van der Waals surface area contributed by atoms with Gasteiger partial charge in [0, 0.05) is 5.56 Å². The summed E-state index contributed by atoms with van der Waals surface area (Å²) in [5.41, 5.74) is 5.37. The Hall–Kier alpha value is -2.10. The molecule has 1 aromatic carbocycles. The number of amides is 1. The van der Waals surface area contributed by atoms with Crippen LogP contribution < -0.4 is 5.43 Å². The third kappa shape index (κ3) is 4.45. The molecular formula is C17H22N2O2. The monoisotopic (exact) mass is 286 g/mol. The van der Waals surface area contributed by atoms with Gasteiger partial charge in [0.1, 0.15) is 5.75 Å². The molecule has 0 spiro atoms. The predicted molar refractivity (Wildman–Crippen MR) is 84.5 cm³/mol. The molecule has 2 rings (SSSR count). The second kappa shape index (κ2) is 7.62. The number of hydrazone groups is 1. The highest BCUT2D eigenvalue weighted by Crippen LogP contribution is 2.21. The Morgan fingerprint density at radius 3 is 2.76 bits per heavy atom. The molecule has 4 nitrogen and oxygen atoms in total. The van der Waals surface area contributed by atoms with Gasteiger partial charge >= 0.3 is 0 Å². The summed E-state index contributed by atoms with van der Waals surface area (Å²) in [5.74, 6) is -0.0999. The van der Waals surface area contributed by atoms with Crippen molar-refractivity contribution in [1.29, 1.82) is 0 Å². The fraction of sp³-hybridized carbons (Fsp3) is 0.412. The lowest BCUT2D eigenvalue weighted by atomic mass is 10.1. The number of hydrogen-bond acceptors (Lipinski definition) is 3. The molecule has 0 bridgehead atoms. The van der Waals surface area contributed by atoms with Crippen LogP contribution in [0.4, 0.5) is 0 Å². The van der Waals surface area contributed by atoms with E-state index in [4.69, 9.17) is 0 Å². The highest BCUT2D eigenvalue weighted by atomic mass is 16.3. The molecule has 1 aromatic rings. The third-order valence-corrected chi connectivity index (χ3v) is 3.61. The van der Waals surface area contributed by atoms with E-state index in [0.29, 0.717) is 5.56 Å². The van der Waals surface area contributed by atoms with Crippen LogP contribution in [0, 0.1) is 0 Å². The molecule has 21 heavy (non-hydrogen) atoms. The van der Waals surface area contributed by atoms with Crippen LogP contribution >= 0.6 is 0 Å². The van der Waals surface area contributed by atoms with E-state index >= 15 is 0 Å². The summed E-state index contributed by atoms with van der Waals surface area (Å²) in [7, 11) is 0. The molecule has 0 aliphatic heterocycles. The zero-order chi connectivity index (χ0) is 15.1. The van der Waals surface area contributed by atoms with Crippen molar-refractivity contribution in [2.45, 2.75) is 45.4 Å². The van der Waals surface area contributed by atoms with E-state index in [1.807, 2.05) is 0 Å². The number of benzene rings is 1. The molecule has 4 heteroatoms. The average Bonchev–Trinajstić information content (AvgIpc) is 2.93. The Balaban J connectivity index is 1.92. The van der Waals surface area contributed by atoms with Gasteiger partial charge in [0.15, 0.2) is 0 Å². The standard InChI is InChI=1S/C17H22N2O2/c1-2-3-4-6-13-7-5-8-16(13)18-19-17(21)14-9-11-15(20)12-10-14/h7,9-12,20H,2-6,8H2,1H3,(H,19,21). The van der Waals surface area contributed by atoms with Crippen molar-refractivity contribution in [2.75, 3.05) is 0 Å². The van der Waals surface area contributed by atoms with Crippen LogP contribution in [0.1, 0.15) is 55.8 Å². The first-order chi connectivity index (χ1) is 10.2. The summed E-state index contributed by atoms with van der Waals surface area (Å²) in [6.45, 7) is 2.19. The minimum atomic E-state index is -0.248. The van der Waals surface area contributed by atoms with Gasteiger partial charge in [0.05, 0.1) is 5.71 Å². The van der Waals surface area contributed by atoms with Crippen LogP contribution in [-0.2, 0) is 0 Å². The number of rotatable bonds is 6. The molecule has 0 heterocycles. The highest BCUT2D eigenvalue weighted by Gasteiger charge is 2.13. The maximum atomic E-state index is 12.0. The fourth-order valence-corrected chi connectivity index (χ4v) is 2.40. The largest absolute Gasteiger partial charge is 0.508 e. The van der Waals surface area contributed by atoms with Crippen LogP contribution in [0.25, 0.3) is 0 Å². The van der Waals surface area contributed by atoms with Gasteiger partial charge in [-0.3, -0.25) is 4.79 Å². The number of unbranched alkanes of at least 4 members (excludes halogenated alkanes) is 2. The number of carbonyl (C=O) groups excluding carboxylic acids is 1. The minimum absolute atomic E-state index is 0.148. The van der Waals surface area contributed by atoms with Crippen molar-refractivity contribution in [3.8, 4) is 5.75 Å². The van der Waals surface area contributed by atoms with Gasteiger partial charge in [-0.25, -0.2) is 5.43 Å². The maximum absolute atomic E-state index is 12.0. The quantitative estimate of drug-likeness (QED) is 0.617. The number of nitrogens with one attached hydrogen (secondary N) is 1.